The molecule has 5 nitrogen and oxygen atoms in total. The molecule has 0 aliphatic heterocycles. The van der Waals surface area contributed by atoms with E-state index in [1.807, 2.05) is 18.2 Å². The normalized spacial score (nSPS) is 14.9. The van der Waals surface area contributed by atoms with Crippen LogP contribution in [0.4, 0.5) is 0 Å². The van der Waals surface area contributed by atoms with E-state index in [1.165, 1.54) is 31.2 Å². The maximum absolute atomic E-state index is 5.87. The number of nitrogens with one attached hydrogen (secondary N) is 2. The van der Waals surface area contributed by atoms with Crippen molar-refractivity contribution in [2.24, 2.45) is 4.99 Å². The van der Waals surface area contributed by atoms with Crippen LogP contribution in [0.25, 0.3) is 0 Å². The fourth-order valence-electron chi connectivity index (χ4n) is 3.03. The Bertz CT molecular complexity index is 505. The number of halogens is 1. The van der Waals surface area contributed by atoms with E-state index in [4.69, 9.17) is 9.47 Å². The third-order valence-electron chi connectivity index (χ3n) is 4.37. The van der Waals surface area contributed by atoms with E-state index in [9.17, 15) is 0 Å². The zero-order chi connectivity index (χ0) is 17.0. The second kappa shape index (κ2) is 13.2. The highest BCUT2D eigenvalue weighted by Gasteiger charge is 2.14. The first-order chi connectivity index (χ1) is 11.8. The van der Waals surface area contributed by atoms with Gasteiger partial charge >= 0.3 is 0 Å². The average Bonchev–Trinajstić information content (AvgIpc) is 3.13. The van der Waals surface area contributed by atoms with Crippen molar-refractivity contribution < 1.29 is 9.47 Å². The number of rotatable bonds is 9. The minimum absolute atomic E-state index is 0. The molecular formula is C19H32IN3O2. The topological polar surface area (TPSA) is 54.9 Å². The summed E-state index contributed by atoms with van der Waals surface area (Å²) in [5.41, 5.74) is 1.20. The lowest BCUT2D eigenvalue weighted by molar-refractivity contribution is 0.0574. The van der Waals surface area contributed by atoms with E-state index >= 15 is 0 Å². The molecule has 6 heteroatoms. The molecule has 1 aromatic carbocycles. The summed E-state index contributed by atoms with van der Waals surface area (Å²) in [6.07, 6.45) is 7.53. The lowest BCUT2D eigenvalue weighted by atomic mass is 10.1. The Morgan fingerprint density at radius 2 is 1.88 bits per heavy atom. The summed E-state index contributed by atoms with van der Waals surface area (Å²) in [5, 5.41) is 6.68. The van der Waals surface area contributed by atoms with E-state index in [1.54, 1.807) is 14.2 Å². The van der Waals surface area contributed by atoms with Crippen molar-refractivity contribution in [3.63, 3.8) is 0 Å². The van der Waals surface area contributed by atoms with Gasteiger partial charge in [-0.25, -0.2) is 0 Å². The number of ether oxygens (including phenoxy) is 2. The Balaban J connectivity index is 0.00000312. The Hall–Kier alpha value is -1.02. The van der Waals surface area contributed by atoms with Gasteiger partial charge in [0.15, 0.2) is 5.96 Å². The highest BCUT2D eigenvalue weighted by atomic mass is 127. The van der Waals surface area contributed by atoms with Gasteiger partial charge in [-0.3, -0.25) is 4.99 Å². The summed E-state index contributed by atoms with van der Waals surface area (Å²) in [5.74, 6) is 1.78. The minimum Gasteiger partial charge on any atom is -0.496 e. The van der Waals surface area contributed by atoms with E-state index in [-0.39, 0.29) is 24.0 Å². The standard InChI is InChI=1S/C19H31N3O2.HI/c1-20-19(21-13-7-15-24-17-9-4-5-10-17)22-14-12-16-8-3-6-11-18(16)23-2;/h3,6,8,11,17H,4-5,7,9-10,12-15H2,1-2H3,(H2,20,21,22);1H. The van der Waals surface area contributed by atoms with Crippen LogP contribution in [0.1, 0.15) is 37.7 Å². The van der Waals surface area contributed by atoms with Crippen LogP contribution in [-0.4, -0.2) is 45.9 Å². The highest BCUT2D eigenvalue weighted by molar-refractivity contribution is 14.0. The fourth-order valence-corrected chi connectivity index (χ4v) is 3.03. The van der Waals surface area contributed by atoms with Crippen molar-refractivity contribution >= 4 is 29.9 Å². The van der Waals surface area contributed by atoms with Crippen LogP contribution in [0.2, 0.25) is 0 Å². The van der Waals surface area contributed by atoms with Crippen LogP contribution < -0.4 is 15.4 Å². The first-order valence-electron chi connectivity index (χ1n) is 9.01. The number of hydrogen-bond donors (Lipinski definition) is 2. The van der Waals surface area contributed by atoms with Gasteiger partial charge in [-0.05, 0) is 37.3 Å². The van der Waals surface area contributed by atoms with E-state index in [0.29, 0.717) is 6.10 Å². The number of aliphatic imine (C=N–C) groups is 1. The van der Waals surface area contributed by atoms with Crippen molar-refractivity contribution in [1.29, 1.82) is 0 Å². The molecule has 142 valence electrons. The molecule has 0 radical (unpaired) electrons. The molecule has 2 rings (SSSR count). The molecular weight excluding hydrogens is 429 g/mol. The number of methoxy groups -OCH3 is 1. The molecule has 0 aromatic heterocycles. The first-order valence-corrected chi connectivity index (χ1v) is 9.01. The summed E-state index contributed by atoms with van der Waals surface area (Å²) in [6, 6.07) is 8.11. The van der Waals surface area contributed by atoms with Crippen LogP contribution in [0.5, 0.6) is 5.75 Å². The summed E-state index contributed by atoms with van der Waals surface area (Å²) < 4.78 is 11.2. The maximum atomic E-state index is 5.87. The van der Waals surface area contributed by atoms with E-state index in [2.05, 4.69) is 21.7 Å². The molecule has 0 spiro atoms. The predicted octanol–water partition coefficient (Wildman–Crippen LogP) is 3.37. The molecule has 0 saturated heterocycles. The highest BCUT2D eigenvalue weighted by Crippen LogP contribution is 2.20. The number of para-hydroxylation sites is 1. The van der Waals surface area contributed by atoms with Gasteiger partial charge in [0.2, 0.25) is 0 Å². The quantitative estimate of drug-likeness (QED) is 0.256. The lowest BCUT2D eigenvalue weighted by Crippen LogP contribution is -2.39. The summed E-state index contributed by atoms with van der Waals surface area (Å²) in [4.78, 5) is 4.26. The van der Waals surface area contributed by atoms with Gasteiger partial charge in [-0.15, -0.1) is 24.0 Å². The molecule has 0 atom stereocenters. The molecule has 1 saturated carbocycles. The molecule has 0 bridgehead atoms. The number of hydrogen-bond acceptors (Lipinski definition) is 3. The van der Waals surface area contributed by atoms with Gasteiger partial charge in [0.05, 0.1) is 13.2 Å². The van der Waals surface area contributed by atoms with Gasteiger partial charge < -0.3 is 20.1 Å². The van der Waals surface area contributed by atoms with Crippen molar-refractivity contribution in [3.05, 3.63) is 29.8 Å². The third kappa shape index (κ3) is 8.27. The van der Waals surface area contributed by atoms with Crippen LogP contribution in [0, 0.1) is 0 Å². The lowest BCUT2D eigenvalue weighted by Gasteiger charge is -2.14. The van der Waals surface area contributed by atoms with Crippen LogP contribution in [0.3, 0.4) is 0 Å². The van der Waals surface area contributed by atoms with Gasteiger partial charge in [0, 0.05) is 26.7 Å². The zero-order valence-electron chi connectivity index (χ0n) is 15.4. The second-order valence-electron chi connectivity index (χ2n) is 6.12. The Morgan fingerprint density at radius 1 is 1.16 bits per heavy atom. The second-order valence-corrected chi connectivity index (χ2v) is 6.12. The zero-order valence-corrected chi connectivity index (χ0v) is 17.8. The number of benzene rings is 1. The SMILES string of the molecule is CN=C(NCCCOC1CCCC1)NCCc1ccccc1OC.I. The van der Waals surface area contributed by atoms with Crippen molar-refractivity contribution in [1.82, 2.24) is 10.6 Å². The van der Waals surface area contributed by atoms with Gasteiger partial charge in [0.1, 0.15) is 5.75 Å². The molecule has 25 heavy (non-hydrogen) atoms. The van der Waals surface area contributed by atoms with E-state index < -0.39 is 0 Å². The Kier molecular flexibility index (Phi) is 11.6. The van der Waals surface area contributed by atoms with Gasteiger partial charge in [0.25, 0.3) is 0 Å². The van der Waals surface area contributed by atoms with Crippen molar-refractivity contribution in [2.45, 2.75) is 44.6 Å². The summed E-state index contributed by atoms with van der Waals surface area (Å²) >= 11 is 0. The monoisotopic (exact) mass is 461 g/mol. The molecule has 0 unspecified atom stereocenters. The number of guanidine groups is 1. The van der Waals surface area contributed by atoms with E-state index in [0.717, 1.165) is 44.2 Å². The van der Waals surface area contributed by atoms with Gasteiger partial charge in [-0.1, -0.05) is 31.0 Å². The third-order valence-corrected chi connectivity index (χ3v) is 4.37. The fraction of sp³-hybridized carbons (Fsp3) is 0.632. The van der Waals surface area contributed by atoms with Crippen LogP contribution in [-0.2, 0) is 11.2 Å². The Morgan fingerprint density at radius 3 is 2.60 bits per heavy atom. The smallest absolute Gasteiger partial charge is 0.190 e. The average molecular weight is 461 g/mol. The molecule has 1 aliphatic rings. The van der Waals surface area contributed by atoms with Crippen LogP contribution >= 0.6 is 24.0 Å². The molecule has 0 amide bonds. The largest absolute Gasteiger partial charge is 0.496 e. The first kappa shape index (κ1) is 22.0. The van der Waals surface area contributed by atoms with Crippen molar-refractivity contribution in [3.8, 4) is 5.75 Å². The molecule has 0 heterocycles. The molecule has 2 N–H and O–H groups in total. The Labute approximate surface area is 169 Å². The number of nitrogens with zero attached hydrogens (tertiary/aromatic N) is 1. The summed E-state index contributed by atoms with van der Waals surface area (Å²) in [7, 11) is 3.51. The molecule has 1 aliphatic carbocycles. The molecule has 1 fully saturated rings. The van der Waals surface area contributed by atoms with Gasteiger partial charge in [-0.2, -0.15) is 0 Å². The molecule has 1 aromatic rings. The van der Waals surface area contributed by atoms with Crippen LogP contribution in [0.15, 0.2) is 29.3 Å². The predicted molar refractivity (Wildman–Crippen MR) is 114 cm³/mol. The van der Waals surface area contributed by atoms with Crippen molar-refractivity contribution in [2.75, 3.05) is 33.9 Å². The summed E-state index contributed by atoms with van der Waals surface area (Å²) in [6.45, 7) is 2.52. The minimum atomic E-state index is 0. The maximum Gasteiger partial charge on any atom is 0.190 e.